The molecule has 23 heavy (non-hydrogen) atoms. The number of amidine groups is 2. The highest BCUT2D eigenvalue weighted by Crippen LogP contribution is 2.15. The van der Waals surface area contributed by atoms with Crippen molar-refractivity contribution in [3.63, 3.8) is 0 Å². The van der Waals surface area contributed by atoms with Crippen LogP contribution in [-0.4, -0.2) is 60.6 Å². The van der Waals surface area contributed by atoms with Gasteiger partial charge in [0.2, 0.25) is 0 Å². The van der Waals surface area contributed by atoms with E-state index in [0.717, 1.165) is 56.7 Å². The van der Waals surface area contributed by atoms with Gasteiger partial charge in [-0.2, -0.15) is 0 Å². The van der Waals surface area contributed by atoms with Gasteiger partial charge in [-0.05, 0) is 25.0 Å². The van der Waals surface area contributed by atoms with Crippen molar-refractivity contribution in [3.05, 3.63) is 35.9 Å². The third-order valence-electron chi connectivity index (χ3n) is 4.42. The number of amides is 1. The number of carbonyl (C=O) groups excluding carboxylic acids is 1. The van der Waals surface area contributed by atoms with Crippen LogP contribution in [0.15, 0.2) is 40.3 Å². The van der Waals surface area contributed by atoms with E-state index in [1.807, 2.05) is 35.2 Å². The average molecular weight is 312 g/mol. The fourth-order valence-electron chi connectivity index (χ4n) is 3.08. The quantitative estimate of drug-likeness (QED) is 0.758. The molecule has 0 aromatic heterocycles. The van der Waals surface area contributed by atoms with Crippen LogP contribution in [0, 0.1) is 0 Å². The SMILES string of the molecule is CN1CCN=C1CCCCC1=NCCN1C(=O)c1ccccc1. The molecule has 0 unspecified atom stereocenters. The maximum atomic E-state index is 12.6. The summed E-state index contributed by atoms with van der Waals surface area (Å²) in [6, 6.07) is 9.47. The second-order valence-corrected chi connectivity index (χ2v) is 6.05. The molecule has 1 aromatic carbocycles. The second kappa shape index (κ2) is 7.40. The zero-order valence-electron chi connectivity index (χ0n) is 13.7. The van der Waals surface area contributed by atoms with E-state index in [1.165, 1.54) is 5.84 Å². The second-order valence-electron chi connectivity index (χ2n) is 6.05. The van der Waals surface area contributed by atoms with Crippen LogP contribution in [0.5, 0.6) is 0 Å². The summed E-state index contributed by atoms with van der Waals surface area (Å²) in [6.07, 6.45) is 4.03. The molecule has 0 fully saturated rings. The topological polar surface area (TPSA) is 48.3 Å². The molecule has 5 nitrogen and oxygen atoms in total. The molecule has 2 aliphatic rings. The van der Waals surface area contributed by atoms with Gasteiger partial charge in [-0.3, -0.25) is 19.7 Å². The molecule has 0 aliphatic carbocycles. The molecule has 0 spiro atoms. The summed E-state index contributed by atoms with van der Waals surface area (Å²) < 4.78 is 0. The lowest BCUT2D eigenvalue weighted by atomic mass is 10.1. The summed E-state index contributed by atoms with van der Waals surface area (Å²) in [7, 11) is 2.10. The molecule has 0 atom stereocenters. The Morgan fingerprint density at radius 3 is 2.35 bits per heavy atom. The van der Waals surface area contributed by atoms with Gasteiger partial charge in [0.05, 0.1) is 18.9 Å². The fraction of sp³-hybridized carbons (Fsp3) is 0.500. The first-order valence-corrected chi connectivity index (χ1v) is 8.40. The van der Waals surface area contributed by atoms with Gasteiger partial charge in [-0.15, -0.1) is 0 Å². The largest absolute Gasteiger partial charge is 0.362 e. The van der Waals surface area contributed by atoms with Crippen molar-refractivity contribution in [3.8, 4) is 0 Å². The summed E-state index contributed by atoms with van der Waals surface area (Å²) in [6.45, 7) is 3.40. The van der Waals surface area contributed by atoms with Crippen LogP contribution in [-0.2, 0) is 0 Å². The van der Waals surface area contributed by atoms with Crippen LogP contribution in [0.3, 0.4) is 0 Å². The molecule has 0 saturated carbocycles. The van der Waals surface area contributed by atoms with Gasteiger partial charge in [0, 0.05) is 38.5 Å². The third-order valence-corrected chi connectivity index (χ3v) is 4.42. The number of rotatable bonds is 6. The first-order chi connectivity index (χ1) is 11.3. The van der Waals surface area contributed by atoms with Gasteiger partial charge in [0.15, 0.2) is 0 Å². The molecule has 122 valence electrons. The van der Waals surface area contributed by atoms with Crippen molar-refractivity contribution in [1.82, 2.24) is 9.80 Å². The number of nitrogens with zero attached hydrogens (tertiary/aromatic N) is 4. The number of unbranched alkanes of at least 4 members (excludes halogenated alkanes) is 1. The van der Waals surface area contributed by atoms with Crippen LogP contribution in [0.2, 0.25) is 0 Å². The molecule has 0 bridgehead atoms. The van der Waals surface area contributed by atoms with Crippen molar-refractivity contribution in [2.24, 2.45) is 9.98 Å². The molecule has 2 aliphatic heterocycles. The van der Waals surface area contributed by atoms with E-state index in [1.54, 1.807) is 0 Å². The number of aliphatic imine (C=N–C) groups is 2. The van der Waals surface area contributed by atoms with Gasteiger partial charge in [-0.1, -0.05) is 18.2 Å². The highest BCUT2D eigenvalue weighted by molar-refractivity contribution is 6.07. The summed E-state index contributed by atoms with van der Waals surface area (Å²) >= 11 is 0. The maximum Gasteiger partial charge on any atom is 0.259 e. The predicted molar refractivity (Wildman–Crippen MR) is 93.2 cm³/mol. The Kier molecular flexibility index (Phi) is 5.05. The van der Waals surface area contributed by atoms with Crippen molar-refractivity contribution < 1.29 is 4.79 Å². The maximum absolute atomic E-state index is 12.6. The molecule has 3 rings (SSSR count). The summed E-state index contributed by atoms with van der Waals surface area (Å²) in [5.74, 6) is 2.23. The van der Waals surface area contributed by atoms with Crippen LogP contribution >= 0.6 is 0 Å². The van der Waals surface area contributed by atoms with E-state index >= 15 is 0 Å². The summed E-state index contributed by atoms with van der Waals surface area (Å²) in [5.41, 5.74) is 0.740. The molecule has 0 N–H and O–H groups in total. The number of hydrogen-bond donors (Lipinski definition) is 0. The predicted octanol–water partition coefficient (Wildman–Crippen LogP) is 2.45. The Morgan fingerprint density at radius 2 is 1.65 bits per heavy atom. The lowest BCUT2D eigenvalue weighted by Gasteiger charge is -2.19. The van der Waals surface area contributed by atoms with Crippen molar-refractivity contribution in [2.75, 3.05) is 33.2 Å². The summed E-state index contributed by atoms with van der Waals surface area (Å²) in [4.78, 5) is 25.7. The highest BCUT2D eigenvalue weighted by atomic mass is 16.2. The highest BCUT2D eigenvalue weighted by Gasteiger charge is 2.24. The van der Waals surface area contributed by atoms with E-state index in [2.05, 4.69) is 21.9 Å². The Labute approximate surface area is 137 Å². The van der Waals surface area contributed by atoms with E-state index in [0.29, 0.717) is 6.54 Å². The minimum Gasteiger partial charge on any atom is -0.362 e. The molecule has 1 aromatic rings. The lowest BCUT2D eigenvalue weighted by molar-refractivity contribution is 0.0855. The Morgan fingerprint density at radius 1 is 1.00 bits per heavy atom. The van der Waals surface area contributed by atoms with Crippen molar-refractivity contribution in [1.29, 1.82) is 0 Å². The third kappa shape index (κ3) is 3.78. The minimum atomic E-state index is 0.0711. The summed E-state index contributed by atoms with van der Waals surface area (Å²) in [5, 5.41) is 0. The van der Waals surface area contributed by atoms with E-state index < -0.39 is 0 Å². The number of hydrogen-bond acceptors (Lipinski definition) is 4. The molecule has 5 heteroatoms. The molecular weight excluding hydrogens is 288 g/mol. The van der Waals surface area contributed by atoms with Crippen LogP contribution in [0.25, 0.3) is 0 Å². The van der Waals surface area contributed by atoms with E-state index in [-0.39, 0.29) is 5.91 Å². The first-order valence-electron chi connectivity index (χ1n) is 8.40. The Balaban J connectivity index is 1.48. The van der Waals surface area contributed by atoms with E-state index in [9.17, 15) is 4.79 Å². The Bertz CT molecular complexity index is 609. The molecule has 0 radical (unpaired) electrons. The fourth-order valence-corrected chi connectivity index (χ4v) is 3.08. The van der Waals surface area contributed by atoms with Crippen LogP contribution < -0.4 is 0 Å². The van der Waals surface area contributed by atoms with Gasteiger partial charge in [0.25, 0.3) is 5.91 Å². The van der Waals surface area contributed by atoms with Crippen LogP contribution in [0.4, 0.5) is 0 Å². The van der Waals surface area contributed by atoms with Gasteiger partial charge in [-0.25, -0.2) is 0 Å². The zero-order chi connectivity index (χ0) is 16.1. The van der Waals surface area contributed by atoms with Gasteiger partial charge >= 0.3 is 0 Å². The number of benzene rings is 1. The molecule has 1 amide bonds. The number of carbonyl (C=O) groups is 1. The van der Waals surface area contributed by atoms with Gasteiger partial charge < -0.3 is 4.90 Å². The average Bonchev–Trinajstić information content (AvgIpc) is 3.21. The number of likely N-dealkylation sites (N-methyl/N-ethyl adjacent to an activating group) is 1. The zero-order valence-corrected chi connectivity index (χ0v) is 13.7. The van der Waals surface area contributed by atoms with Gasteiger partial charge in [0.1, 0.15) is 5.84 Å². The first kappa shape index (κ1) is 15.7. The lowest BCUT2D eigenvalue weighted by Crippen LogP contribution is -2.34. The van der Waals surface area contributed by atoms with Crippen molar-refractivity contribution in [2.45, 2.75) is 25.7 Å². The standard InChI is InChI=1S/C18H24N4O/c1-21-13-11-19-16(21)9-5-6-10-17-20-12-14-22(17)18(23)15-7-3-2-4-8-15/h2-4,7-8H,5-6,9-14H2,1H3. The molecule has 2 heterocycles. The minimum absolute atomic E-state index is 0.0711. The normalized spacial score (nSPS) is 17.4. The van der Waals surface area contributed by atoms with Crippen LogP contribution in [0.1, 0.15) is 36.0 Å². The molecule has 0 saturated heterocycles. The van der Waals surface area contributed by atoms with Crippen molar-refractivity contribution >= 4 is 17.6 Å². The molecular formula is C18H24N4O. The van der Waals surface area contributed by atoms with E-state index in [4.69, 9.17) is 0 Å². The monoisotopic (exact) mass is 312 g/mol. The Hall–Kier alpha value is -2.17. The smallest absolute Gasteiger partial charge is 0.259 e.